The lowest BCUT2D eigenvalue weighted by Gasteiger charge is -2.26. The normalized spacial score (nSPS) is 20.2. The molecule has 31 heteroatoms. The molecule has 3 unspecified atom stereocenters. The summed E-state index contributed by atoms with van der Waals surface area (Å²) in [6, 6.07) is 0.457. The minimum atomic E-state index is -5.56. The van der Waals surface area contributed by atoms with Gasteiger partial charge in [-0.15, -0.1) is 0 Å². The van der Waals surface area contributed by atoms with Crippen LogP contribution in [0.2, 0.25) is 0 Å². The molecule has 68 heavy (non-hydrogen) atoms. The fraction of sp³-hybridized carbons (Fsp3) is 0.378. The highest BCUT2D eigenvalue weighted by Gasteiger charge is 2.39. The van der Waals surface area contributed by atoms with Crippen LogP contribution in [0.25, 0.3) is 33.4 Å². The Hall–Kier alpha value is -5.64. The van der Waals surface area contributed by atoms with Crippen molar-refractivity contribution in [1.29, 1.82) is 0 Å². The number of sulfonamides is 2. The molecule has 26 nitrogen and oxygen atoms in total. The van der Waals surface area contributed by atoms with E-state index in [4.69, 9.17) is 4.42 Å². The van der Waals surface area contributed by atoms with Gasteiger partial charge in [-0.1, -0.05) is 18.2 Å². The number of carbonyl (C=O) groups excluding carboxylic acids is 3. The van der Waals surface area contributed by atoms with Crippen LogP contribution < -0.4 is 36.1 Å². The summed E-state index contributed by atoms with van der Waals surface area (Å²) in [5.41, 5.74) is -1.46. The molecule has 2 aromatic carbocycles. The molecule has 3 atom stereocenters. The van der Waals surface area contributed by atoms with E-state index in [1.165, 1.54) is 57.2 Å². The molecular formula is C37H45N7O19S5. The predicted molar refractivity (Wildman–Crippen MR) is 240 cm³/mol. The Morgan fingerprint density at radius 3 is 1.88 bits per heavy atom. The van der Waals surface area contributed by atoms with Crippen LogP contribution in [0, 0.1) is 13.8 Å². The molecular weight excluding hydrogens is 1010 g/mol. The van der Waals surface area contributed by atoms with Gasteiger partial charge in [0.1, 0.15) is 40.3 Å². The number of amides is 3. The monoisotopic (exact) mass is 1050 g/mol. The van der Waals surface area contributed by atoms with Gasteiger partial charge in [-0.05, 0) is 62.6 Å². The zero-order valence-electron chi connectivity index (χ0n) is 36.0. The number of anilines is 1. The first kappa shape index (κ1) is 53.3. The lowest BCUT2D eigenvalue weighted by atomic mass is 9.89. The number of hydrogen-bond donors (Lipinski definition) is 10. The van der Waals surface area contributed by atoms with Crippen molar-refractivity contribution in [3.8, 4) is 22.5 Å². The highest BCUT2D eigenvalue weighted by Crippen LogP contribution is 2.47. The number of nitrogens with one attached hydrogen (secondary N) is 6. The molecule has 1 aliphatic carbocycles. The van der Waals surface area contributed by atoms with Crippen LogP contribution in [0.15, 0.2) is 55.6 Å². The molecule has 0 saturated heterocycles. The molecule has 0 fully saturated rings. The second-order valence-corrected chi connectivity index (χ2v) is 22.9. The van der Waals surface area contributed by atoms with Gasteiger partial charge < -0.3 is 30.8 Å². The third kappa shape index (κ3) is 12.3. The first-order chi connectivity index (χ1) is 31.4. The van der Waals surface area contributed by atoms with Crippen molar-refractivity contribution in [2.45, 2.75) is 55.6 Å². The first-order valence-electron chi connectivity index (χ1n) is 19.8. The lowest BCUT2D eigenvalue weighted by molar-refractivity contribution is -0.131. The number of hydrogen-bond acceptors (Lipinski definition) is 17. The zero-order valence-corrected chi connectivity index (χ0v) is 40.1. The van der Waals surface area contributed by atoms with E-state index in [1.54, 1.807) is 22.3 Å². The minimum absolute atomic E-state index is 0.0457. The van der Waals surface area contributed by atoms with E-state index in [1.807, 2.05) is 0 Å². The molecule has 0 saturated carbocycles. The van der Waals surface area contributed by atoms with E-state index in [0.717, 1.165) is 0 Å². The van der Waals surface area contributed by atoms with E-state index >= 15 is 8.42 Å². The molecule has 2 aliphatic heterocycles. The molecule has 3 amide bonds. The number of nitrogens with zero attached hydrogens (tertiary/aromatic N) is 1. The summed E-state index contributed by atoms with van der Waals surface area (Å²) >= 11 is 0. The number of benzene rings is 3. The van der Waals surface area contributed by atoms with Gasteiger partial charge in [0.15, 0.2) is 16.2 Å². The van der Waals surface area contributed by atoms with Gasteiger partial charge in [-0.25, -0.2) is 26.4 Å². The van der Waals surface area contributed by atoms with Crippen LogP contribution in [-0.2, 0) is 64.8 Å². The smallest absolute Gasteiger partial charge is 0.336 e. The van der Waals surface area contributed by atoms with Crippen LogP contribution in [-0.4, -0.2) is 146 Å². The van der Waals surface area contributed by atoms with Gasteiger partial charge in [0.05, 0.1) is 16.6 Å². The minimum Gasteiger partial charge on any atom is -0.478 e. The summed E-state index contributed by atoms with van der Waals surface area (Å²) < 4.78 is 172. The van der Waals surface area contributed by atoms with Gasteiger partial charge in [-0.2, -0.15) is 30.0 Å². The van der Waals surface area contributed by atoms with Crippen molar-refractivity contribution in [3.63, 3.8) is 0 Å². The van der Waals surface area contributed by atoms with Crippen molar-refractivity contribution in [2.24, 2.45) is 4.99 Å². The second-order valence-electron chi connectivity index (χ2n) is 15.1. The molecule has 0 radical (unpaired) electrons. The summed E-state index contributed by atoms with van der Waals surface area (Å²) in [6.45, 7) is 4.42. The summed E-state index contributed by atoms with van der Waals surface area (Å²) in [4.78, 5) is 56.3. The maximum atomic E-state index is 15.0. The topological polar surface area (TPSA) is 418 Å². The van der Waals surface area contributed by atoms with Crippen LogP contribution in [0.1, 0.15) is 35.3 Å². The van der Waals surface area contributed by atoms with Crippen molar-refractivity contribution in [1.82, 2.24) is 25.4 Å². The number of carbonyl (C=O) groups is 4. The van der Waals surface area contributed by atoms with Crippen molar-refractivity contribution >= 4 is 90.7 Å². The number of aryl methyl sites for hydroxylation is 2. The van der Waals surface area contributed by atoms with E-state index in [2.05, 4.69) is 20.3 Å². The highest BCUT2D eigenvalue weighted by atomic mass is 32.2. The Bertz CT molecular complexity index is 3340. The Balaban J connectivity index is 2.00. The summed E-state index contributed by atoms with van der Waals surface area (Å²) in [6.07, 6.45) is 0. The van der Waals surface area contributed by atoms with Crippen molar-refractivity contribution < 1.29 is 84.4 Å². The van der Waals surface area contributed by atoms with Gasteiger partial charge >= 0.3 is 5.97 Å². The largest absolute Gasteiger partial charge is 0.478 e. The van der Waals surface area contributed by atoms with Gasteiger partial charge in [0.25, 0.3) is 30.4 Å². The summed E-state index contributed by atoms with van der Waals surface area (Å²) in [5, 5.41) is 18.4. The summed E-state index contributed by atoms with van der Waals surface area (Å²) in [7, 11) is -26.5. The SMILES string of the molecule is CC/N=c1\c(C)cc2c(-c3ccccc3C(=O)O)c3cc(C)c(NCC)c4c3oc-2c1S(=O)(=O)NCCNC(=O)C(CS(=O)(=O)O)NC(=O)C(CS(=O)(=O)O)NC(=O)C(CS(=O)(=O)O)NS4(=O)=O. The predicted octanol–water partition coefficient (Wildman–Crippen LogP) is -1.44. The van der Waals surface area contributed by atoms with Gasteiger partial charge in [0.2, 0.25) is 37.8 Å². The van der Waals surface area contributed by atoms with Gasteiger partial charge in [0, 0.05) is 42.7 Å². The first-order valence-corrected chi connectivity index (χ1v) is 27.6. The van der Waals surface area contributed by atoms with E-state index in [9.17, 15) is 71.6 Å². The average Bonchev–Trinajstić information content (AvgIpc) is 3.19. The molecule has 0 spiro atoms. The second kappa shape index (κ2) is 20.1. The molecule has 2 aromatic rings. The Labute approximate surface area is 389 Å². The summed E-state index contributed by atoms with van der Waals surface area (Å²) in [5.74, 6) is -12.5. The Morgan fingerprint density at radius 1 is 0.765 bits per heavy atom. The van der Waals surface area contributed by atoms with Crippen LogP contribution in [0.4, 0.5) is 5.69 Å². The number of rotatable bonds is 11. The average molecular weight is 1050 g/mol. The molecule has 372 valence electrons. The highest BCUT2D eigenvalue weighted by molar-refractivity contribution is 7.90. The maximum Gasteiger partial charge on any atom is 0.336 e. The quantitative estimate of drug-likeness (QED) is 0.0607. The third-order valence-electron chi connectivity index (χ3n) is 9.94. The Morgan fingerprint density at radius 2 is 1.32 bits per heavy atom. The number of carboxylic acid groups (broad SMARTS) is 1. The fourth-order valence-electron chi connectivity index (χ4n) is 7.30. The Kier molecular flexibility index (Phi) is 15.8. The lowest BCUT2D eigenvalue weighted by Crippen LogP contribution is -2.60. The standard InChI is InChI=1S/C37H45N7O19S5/c1-5-38-28-18(3)13-22-27(20-9-7-8-10-21(20)37(48)49)23-14-19(4)29(39-6-2)33-31(23)63-30(22)32(28)67(59,60)41-12-11-40-34(45)24(15-64(50,51)52)42-35(46)25(16-65(53,54)55)43-36(47)26(17-66(56,57)58)44-68(33,61)62/h7-10,13-14,24-26,39,41,44H,5-6,11-12,15-17H2,1-4H3,(H,40,45)(H,42,46)(H,43,47)(H,48,49)(H,50,51,52)(H,53,54,55)(H,56,57,58)/b38-28+. The van der Waals surface area contributed by atoms with E-state index in [0.29, 0.717) is 0 Å². The molecule has 0 aromatic heterocycles. The van der Waals surface area contributed by atoms with Crippen molar-refractivity contribution in [2.75, 3.05) is 48.8 Å². The molecule has 3 aliphatic rings. The molecule has 2 heterocycles. The van der Waals surface area contributed by atoms with Crippen LogP contribution in [0.5, 0.6) is 0 Å². The maximum absolute atomic E-state index is 15.0. The van der Waals surface area contributed by atoms with Gasteiger partial charge in [-0.3, -0.25) is 33.0 Å². The zero-order chi connectivity index (χ0) is 50.9. The fourth-order valence-corrected chi connectivity index (χ4v) is 12.3. The molecule has 10 N–H and O–H groups in total. The van der Waals surface area contributed by atoms with Crippen LogP contribution >= 0.6 is 0 Å². The molecule has 2 bridgehead atoms. The van der Waals surface area contributed by atoms with Crippen LogP contribution in [0.3, 0.4) is 0 Å². The van der Waals surface area contributed by atoms with E-state index in [-0.39, 0.29) is 62.9 Å². The van der Waals surface area contributed by atoms with Crippen molar-refractivity contribution in [3.05, 3.63) is 58.4 Å². The molecule has 5 rings (SSSR count). The number of carboxylic acids is 1. The number of aromatic carboxylic acids is 1. The third-order valence-corrected chi connectivity index (χ3v) is 15.2. The van der Waals surface area contributed by atoms with E-state index < -0.39 is 144 Å².